The van der Waals surface area contributed by atoms with Crippen molar-refractivity contribution < 1.29 is 46.9 Å². The molecule has 6 atom stereocenters. The van der Waals surface area contributed by atoms with E-state index in [-0.39, 0.29) is 94.4 Å². The lowest BCUT2D eigenvalue weighted by molar-refractivity contribution is -0.144. The van der Waals surface area contributed by atoms with Crippen molar-refractivity contribution in [3.05, 3.63) is 107 Å². The average Bonchev–Trinajstić information content (AvgIpc) is 4.08. The number of phenols is 1. The van der Waals surface area contributed by atoms with Crippen molar-refractivity contribution in [2.75, 3.05) is 51.3 Å². The van der Waals surface area contributed by atoms with E-state index in [1.54, 1.807) is 31.2 Å². The molecular weight excluding hydrogens is 1010 g/mol. The fourth-order valence-electron chi connectivity index (χ4n) is 11.4. The van der Waals surface area contributed by atoms with Crippen molar-refractivity contribution in [1.29, 1.82) is 0 Å². The summed E-state index contributed by atoms with van der Waals surface area (Å²) in [5, 5.41) is 32.0. The summed E-state index contributed by atoms with van der Waals surface area (Å²) in [6, 6.07) is 13.3. The zero-order chi connectivity index (χ0) is 55.4. The Hall–Kier alpha value is -7.40. The molecule has 5 heterocycles. The Bertz CT molecular complexity index is 3330. The number of aromatic nitrogens is 3. The first kappa shape index (κ1) is 54.0. The molecule has 3 amide bonds. The molecule has 0 spiro atoms. The van der Waals surface area contributed by atoms with E-state index in [1.807, 2.05) is 32.7 Å². The van der Waals surface area contributed by atoms with Crippen molar-refractivity contribution in [3.8, 4) is 46.5 Å². The second kappa shape index (κ2) is 21.4. The molecule has 1 aliphatic carbocycles. The first-order valence-electron chi connectivity index (χ1n) is 26.4. The van der Waals surface area contributed by atoms with Crippen LogP contribution in [-0.2, 0) is 14.4 Å². The van der Waals surface area contributed by atoms with Gasteiger partial charge < -0.3 is 45.6 Å². The smallest absolute Gasteiger partial charge is 0.319 e. The van der Waals surface area contributed by atoms with Gasteiger partial charge in [-0.3, -0.25) is 19.4 Å². The molecule has 10 rings (SSSR count). The van der Waals surface area contributed by atoms with Gasteiger partial charge in [-0.25, -0.2) is 17.6 Å². The van der Waals surface area contributed by atoms with Crippen LogP contribution in [0.3, 0.4) is 0 Å². The quantitative estimate of drug-likeness (QED) is 0.0475. The monoisotopic (exact) mass is 1070 g/mol. The lowest BCUT2D eigenvalue weighted by atomic mass is 9.85. The number of hydrogen-bond donors (Lipinski definition) is 5. The molecule has 3 saturated heterocycles. The SMILES string of the molecule is C#Cc1c(F)ccc2cc(O)cc(-c3ncc4c(N5CC6CCC(C5)N6)nc(OCC5(CN(C)CCC(=O)N[C@H](C(=O)N6C[C@H](O)C[C@H]6C(=O)N[C@@H](C)c6ccc(-c7c(F)cccc7F)cc6)C(C)(C)C)CC5)nc4c3F)c12. The molecule has 4 aliphatic rings. The van der Waals surface area contributed by atoms with Gasteiger partial charge in [-0.1, -0.05) is 63.1 Å². The number of terminal acetylenes is 1. The van der Waals surface area contributed by atoms with Crippen LogP contribution in [0.4, 0.5) is 23.4 Å². The fraction of sp³-hybridized carbons (Fsp3) is 0.424. The Morgan fingerprint density at radius 3 is 2.33 bits per heavy atom. The number of carbonyl (C=O) groups excluding carboxylic acids is 3. The summed E-state index contributed by atoms with van der Waals surface area (Å²) in [4.78, 5) is 61.4. The number of aromatic hydroxyl groups is 1. The standard InChI is InChI=1S/C59H63F4N9O6/c1-7-40-43(60)18-15-35-23-38(73)24-41(48(35)40)51-50(63)52-42(26-64-51)54(71-27-36-16-17-37(28-71)66-36)69-57(68-52)78-31-59(20-21-59)30-70(6)22-19-47(75)67-53(58(3,4)5)56(77)72-29-39(74)25-46(72)55(76)65-32(2)33-11-13-34(14-12-33)49-44(61)9-8-10-45(49)62/h1,8-15,18,23-24,26,32,36-37,39,46,53,66,73-74H,16-17,19-22,25,27-31H2,2-6H3,(H,65,76)(H,67,75)/t32-,36?,37?,39+,46-,53+/m0/s1. The van der Waals surface area contributed by atoms with Gasteiger partial charge in [0.1, 0.15) is 52.3 Å². The number of aliphatic hydroxyl groups excluding tert-OH is 1. The van der Waals surface area contributed by atoms with Gasteiger partial charge >= 0.3 is 6.01 Å². The van der Waals surface area contributed by atoms with Crippen LogP contribution in [0.15, 0.2) is 72.9 Å². The highest BCUT2D eigenvalue weighted by Gasteiger charge is 2.46. The largest absolute Gasteiger partial charge is 0.508 e. The van der Waals surface area contributed by atoms with Gasteiger partial charge in [0, 0.05) is 80.2 Å². The van der Waals surface area contributed by atoms with Crippen LogP contribution in [0.1, 0.15) is 83.4 Å². The normalized spacial score (nSPS) is 20.4. The van der Waals surface area contributed by atoms with E-state index in [0.717, 1.165) is 25.7 Å². The lowest BCUT2D eigenvalue weighted by Gasteiger charge is -2.35. The number of halogens is 4. The van der Waals surface area contributed by atoms with Crippen LogP contribution < -0.4 is 25.6 Å². The van der Waals surface area contributed by atoms with Gasteiger partial charge in [0.25, 0.3) is 0 Å². The highest BCUT2D eigenvalue weighted by Crippen LogP contribution is 2.47. The van der Waals surface area contributed by atoms with Crippen LogP contribution in [-0.4, -0.2) is 129 Å². The van der Waals surface area contributed by atoms with E-state index >= 15 is 8.78 Å². The van der Waals surface area contributed by atoms with Gasteiger partial charge in [0.2, 0.25) is 17.7 Å². The van der Waals surface area contributed by atoms with Gasteiger partial charge in [-0.05, 0) is 91.9 Å². The minimum atomic E-state index is -1.04. The number of nitrogens with one attached hydrogen (secondary N) is 3. The maximum Gasteiger partial charge on any atom is 0.319 e. The molecule has 4 aromatic carbocycles. The molecule has 2 bridgehead atoms. The summed E-state index contributed by atoms with van der Waals surface area (Å²) in [6.45, 7) is 9.40. The molecule has 408 valence electrons. The number of ether oxygens (including phenoxy) is 1. The highest BCUT2D eigenvalue weighted by molar-refractivity contribution is 6.03. The number of aliphatic hydroxyl groups is 1. The minimum Gasteiger partial charge on any atom is -0.508 e. The number of anilines is 1. The predicted octanol–water partition coefficient (Wildman–Crippen LogP) is 7.55. The number of phenolic OH excluding ortho intramolecular Hbond substituents is 1. The van der Waals surface area contributed by atoms with Crippen LogP contribution in [0, 0.1) is 46.4 Å². The number of amides is 3. The molecule has 6 aromatic rings. The summed E-state index contributed by atoms with van der Waals surface area (Å²) in [6.07, 6.45) is 9.92. The van der Waals surface area contributed by atoms with Crippen molar-refractivity contribution in [3.63, 3.8) is 0 Å². The zero-order valence-electron chi connectivity index (χ0n) is 44.2. The van der Waals surface area contributed by atoms with Gasteiger partial charge in [0.05, 0.1) is 35.3 Å². The molecule has 3 aliphatic heterocycles. The van der Waals surface area contributed by atoms with Gasteiger partial charge in [-0.2, -0.15) is 9.97 Å². The summed E-state index contributed by atoms with van der Waals surface area (Å²) >= 11 is 0. The van der Waals surface area contributed by atoms with Crippen molar-refractivity contribution in [2.45, 2.75) is 103 Å². The van der Waals surface area contributed by atoms with E-state index in [1.165, 1.54) is 53.6 Å². The van der Waals surface area contributed by atoms with Crippen LogP contribution in [0.25, 0.3) is 44.1 Å². The Morgan fingerprint density at radius 1 is 0.962 bits per heavy atom. The van der Waals surface area contributed by atoms with Crippen LogP contribution in [0.2, 0.25) is 0 Å². The third-order valence-corrected chi connectivity index (χ3v) is 15.7. The van der Waals surface area contributed by atoms with E-state index in [9.17, 15) is 33.4 Å². The zero-order valence-corrected chi connectivity index (χ0v) is 44.2. The summed E-state index contributed by atoms with van der Waals surface area (Å²) in [7, 11) is 1.89. The number of pyridine rings is 1. The van der Waals surface area contributed by atoms with E-state index in [4.69, 9.17) is 16.1 Å². The number of benzene rings is 4. The second-order valence-electron chi connectivity index (χ2n) is 22.7. The van der Waals surface area contributed by atoms with Crippen LogP contribution >= 0.6 is 0 Å². The molecule has 78 heavy (non-hydrogen) atoms. The Labute approximate surface area is 449 Å². The van der Waals surface area contributed by atoms with Crippen molar-refractivity contribution in [1.82, 2.24) is 40.7 Å². The van der Waals surface area contributed by atoms with Crippen molar-refractivity contribution in [2.24, 2.45) is 10.8 Å². The van der Waals surface area contributed by atoms with E-state index < -0.39 is 64.7 Å². The molecule has 1 saturated carbocycles. The third kappa shape index (κ3) is 11.0. The molecule has 2 aromatic heterocycles. The lowest BCUT2D eigenvalue weighted by Crippen LogP contribution is -2.58. The Kier molecular flexibility index (Phi) is 14.8. The molecular formula is C59H63F4N9O6. The molecule has 15 nitrogen and oxygen atoms in total. The number of piperazine rings is 1. The predicted molar refractivity (Wildman–Crippen MR) is 287 cm³/mol. The molecule has 19 heteroatoms. The third-order valence-electron chi connectivity index (χ3n) is 15.7. The van der Waals surface area contributed by atoms with Crippen molar-refractivity contribution >= 4 is 45.2 Å². The maximum atomic E-state index is 17.2. The first-order chi connectivity index (χ1) is 37.2. The number of rotatable bonds is 16. The number of carbonyl (C=O) groups is 3. The summed E-state index contributed by atoms with van der Waals surface area (Å²) in [5.41, 5.74) is -0.500. The number of likely N-dealkylation sites (tertiary alicyclic amines) is 1. The minimum absolute atomic E-state index is 0.00695. The molecule has 4 fully saturated rings. The molecule has 5 N–H and O–H groups in total. The summed E-state index contributed by atoms with van der Waals surface area (Å²) in [5.74, 6) is -1.59. The number of hydrogen-bond acceptors (Lipinski definition) is 12. The fourth-order valence-corrected chi connectivity index (χ4v) is 11.4. The first-order valence-corrected chi connectivity index (χ1v) is 26.4. The second-order valence-corrected chi connectivity index (χ2v) is 22.7. The number of β-amino-alcohol motifs (C(OH)–C–C–N with tert-alkyl or cyclic N) is 1. The van der Waals surface area contributed by atoms with E-state index in [2.05, 4.69) is 36.7 Å². The van der Waals surface area contributed by atoms with E-state index in [0.29, 0.717) is 53.9 Å². The Morgan fingerprint density at radius 2 is 1.67 bits per heavy atom. The molecule has 2 unspecified atom stereocenters. The number of nitrogens with zero attached hydrogens (tertiary/aromatic N) is 6. The van der Waals surface area contributed by atoms with Gasteiger partial charge in [0.15, 0.2) is 5.82 Å². The van der Waals surface area contributed by atoms with Crippen LogP contribution in [0.5, 0.6) is 11.8 Å². The summed E-state index contributed by atoms with van der Waals surface area (Å²) < 4.78 is 67.6. The highest BCUT2D eigenvalue weighted by atomic mass is 19.1. The maximum absolute atomic E-state index is 17.2. The number of fused-ring (bicyclic) bond motifs is 4. The van der Waals surface area contributed by atoms with Gasteiger partial charge in [-0.15, -0.1) is 6.42 Å². The average molecular weight is 1070 g/mol. The topological polar surface area (TPSA) is 185 Å². The molecule has 0 radical (unpaired) electrons. The Balaban J connectivity index is 0.794.